The Balaban J connectivity index is 1.54. The number of aryl methyl sites for hydroxylation is 2. The number of benzene rings is 1. The summed E-state index contributed by atoms with van der Waals surface area (Å²) in [4.78, 5) is 11.9. The van der Waals surface area contributed by atoms with Crippen molar-refractivity contribution in [2.75, 3.05) is 5.32 Å². The molecule has 0 bridgehead atoms. The number of rotatable bonds is 6. The maximum atomic E-state index is 11.9. The summed E-state index contributed by atoms with van der Waals surface area (Å²) >= 11 is 1.28. The second kappa shape index (κ2) is 7.22. The lowest BCUT2D eigenvalue weighted by atomic mass is 10.1. The molecule has 0 spiro atoms. The number of carbonyl (C=O) groups excluding carboxylic acids is 1. The van der Waals surface area contributed by atoms with Gasteiger partial charge in [-0.15, -0.1) is 10.2 Å². The number of nitrogens with one attached hydrogen (secondary N) is 1. The van der Waals surface area contributed by atoms with E-state index in [1.54, 1.807) is 5.51 Å². The SMILES string of the molecule is Cc1noc(C)c1COc1ccc(CC(=O)Nc2nncs2)cc1. The molecule has 0 saturated carbocycles. The highest BCUT2D eigenvalue weighted by Crippen LogP contribution is 2.18. The molecule has 7 nitrogen and oxygen atoms in total. The van der Waals surface area contributed by atoms with Gasteiger partial charge in [-0.25, -0.2) is 0 Å². The summed E-state index contributed by atoms with van der Waals surface area (Å²) in [6.07, 6.45) is 0.268. The number of hydrogen-bond donors (Lipinski definition) is 1. The van der Waals surface area contributed by atoms with E-state index >= 15 is 0 Å². The van der Waals surface area contributed by atoms with Gasteiger partial charge in [-0.2, -0.15) is 0 Å². The van der Waals surface area contributed by atoms with E-state index in [1.165, 1.54) is 11.3 Å². The van der Waals surface area contributed by atoms with E-state index in [0.717, 1.165) is 28.3 Å². The van der Waals surface area contributed by atoms with Crippen molar-refractivity contribution in [2.24, 2.45) is 0 Å². The zero-order chi connectivity index (χ0) is 16.9. The summed E-state index contributed by atoms with van der Waals surface area (Å²) in [5.41, 5.74) is 4.25. The zero-order valence-electron chi connectivity index (χ0n) is 13.3. The maximum absolute atomic E-state index is 11.9. The van der Waals surface area contributed by atoms with Crippen LogP contribution in [0.5, 0.6) is 5.75 Å². The highest BCUT2D eigenvalue weighted by Gasteiger charge is 2.10. The average Bonchev–Trinajstić information content (AvgIpc) is 3.17. The van der Waals surface area contributed by atoms with Gasteiger partial charge >= 0.3 is 0 Å². The quantitative estimate of drug-likeness (QED) is 0.739. The summed E-state index contributed by atoms with van der Waals surface area (Å²) in [5.74, 6) is 1.36. The Morgan fingerprint density at radius 3 is 2.71 bits per heavy atom. The van der Waals surface area contributed by atoms with Crippen molar-refractivity contribution < 1.29 is 14.1 Å². The molecule has 3 aromatic rings. The second-order valence-electron chi connectivity index (χ2n) is 5.20. The monoisotopic (exact) mass is 344 g/mol. The van der Waals surface area contributed by atoms with E-state index in [9.17, 15) is 4.79 Å². The van der Waals surface area contributed by atoms with Crippen LogP contribution in [-0.4, -0.2) is 21.3 Å². The molecule has 8 heteroatoms. The lowest BCUT2D eigenvalue weighted by Gasteiger charge is -2.07. The van der Waals surface area contributed by atoms with E-state index in [4.69, 9.17) is 9.26 Å². The van der Waals surface area contributed by atoms with Crippen LogP contribution >= 0.6 is 11.3 Å². The fraction of sp³-hybridized carbons (Fsp3) is 0.250. The second-order valence-corrected chi connectivity index (χ2v) is 6.04. The number of hydrogen-bond acceptors (Lipinski definition) is 7. The molecular formula is C16H16N4O3S. The van der Waals surface area contributed by atoms with Gasteiger partial charge in [0.2, 0.25) is 11.0 Å². The minimum atomic E-state index is -0.129. The summed E-state index contributed by atoms with van der Waals surface area (Å²) in [5, 5.41) is 14.5. The lowest BCUT2D eigenvalue weighted by molar-refractivity contribution is -0.115. The predicted molar refractivity (Wildman–Crippen MR) is 89.0 cm³/mol. The van der Waals surface area contributed by atoms with Crippen LogP contribution in [0.15, 0.2) is 34.3 Å². The minimum Gasteiger partial charge on any atom is -0.489 e. The lowest BCUT2D eigenvalue weighted by Crippen LogP contribution is -2.14. The van der Waals surface area contributed by atoms with Crippen molar-refractivity contribution >= 4 is 22.4 Å². The predicted octanol–water partition coefficient (Wildman–Crippen LogP) is 2.90. The molecule has 1 aromatic carbocycles. The first-order chi connectivity index (χ1) is 11.6. The fourth-order valence-corrected chi connectivity index (χ4v) is 2.60. The smallest absolute Gasteiger partial charge is 0.230 e. The van der Waals surface area contributed by atoms with E-state index in [2.05, 4.69) is 20.7 Å². The van der Waals surface area contributed by atoms with Gasteiger partial charge in [0.05, 0.1) is 17.7 Å². The third-order valence-electron chi connectivity index (χ3n) is 3.46. The first kappa shape index (κ1) is 16.1. The normalized spacial score (nSPS) is 10.6. The van der Waals surface area contributed by atoms with Crippen LogP contribution < -0.4 is 10.1 Å². The average molecular weight is 344 g/mol. The van der Waals surface area contributed by atoms with Gasteiger partial charge in [-0.1, -0.05) is 28.6 Å². The van der Waals surface area contributed by atoms with Crippen molar-refractivity contribution in [3.8, 4) is 5.75 Å². The van der Waals surface area contributed by atoms with E-state index < -0.39 is 0 Å². The van der Waals surface area contributed by atoms with E-state index in [-0.39, 0.29) is 12.3 Å². The van der Waals surface area contributed by atoms with Crippen molar-refractivity contribution in [1.82, 2.24) is 15.4 Å². The third-order valence-corrected chi connectivity index (χ3v) is 4.07. The Kier molecular flexibility index (Phi) is 4.85. The van der Waals surface area contributed by atoms with Crippen molar-refractivity contribution in [2.45, 2.75) is 26.9 Å². The van der Waals surface area contributed by atoms with Crippen LogP contribution in [0.4, 0.5) is 5.13 Å². The number of aromatic nitrogens is 3. The Labute approximate surface area is 142 Å². The van der Waals surface area contributed by atoms with Crippen LogP contribution in [0.1, 0.15) is 22.6 Å². The summed E-state index contributed by atoms with van der Waals surface area (Å²) in [7, 11) is 0. The van der Waals surface area contributed by atoms with Crippen molar-refractivity contribution in [1.29, 1.82) is 0 Å². The first-order valence-corrected chi connectivity index (χ1v) is 8.19. The van der Waals surface area contributed by atoms with Gasteiger partial charge in [-0.05, 0) is 31.5 Å². The standard InChI is InChI=1S/C16H16N4O3S/c1-10-14(11(2)23-20-10)8-22-13-5-3-12(4-6-13)7-15(21)18-16-19-17-9-24-16/h3-6,9H,7-8H2,1-2H3,(H,18,19,21). The summed E-state index contributed by atoms with van der Waals surface area (Å²) < 4.78 is 10.8. The summed E-state index contributed by atoms with van der Waals surface area (Å²) in [6.45, 7) is 4.14. The molecule has 0 fully saturated rings. The van der Waals surface area contributed by atoms with Crippen LogP contribution in [0.2, 0.25) is 0 Å². The van der Waals surface area contributed by atoms with Crippen LogP contribution in [-0.2, 0) is 17.8 Å². The van der Waals surface area contributed by atoms with E-state index in [0.29, 0.717) is 11.7 Å². The van der Waals surface area contributed by atoms with Gasteiger partial charge in [0.25, 0.3) is 0 Å². The molecule has 0 aliphatic rings. The van der Waals surface area contributed by atoms with Gasteiger partial charge < -0.3 is 14.6 Å². The van der Waals surface area contributed by atoms with Gasteiger partial charge in [-0.3, -0.25) is 4.79 Å². The molecule has 1 N–H and O–H groups in total. The number of nitrogens with zero attached hydrogens (tertiary/aromatic N) is 3. The maximum Gasteiger partial charge on any atom is 0.230 e. The molecule has 2 aromatic heterocycles. The molecule has 0 unspecified atom stereocenters. The highest BCUT2D eigenvalue weighted by atomic mass is 32.1. The fourth-order valence-electron chi connectivity index (χ4n) is 2.14. The zero-order valence-corrected chi connectivity index (χ0v) is 14.1. The minimum absolute atomic E-state index is 0.129. The Hall–Kier alpha value is -2.74. The van der Waals surface area contributed by atoms with Crippen molar-refractivity contribution in [3.63, 3.8) is 0 Å². The Morgan fingerprint density at radius 2 is 2.08 bits per heavy atom. The summed E-state index contributed by atoms with van der Waals surface area (Å²) in [6, 6.07) is 7.40. The van der Waals surface area contributed by atoms with Gasteiger partial charge in [0, 0.05) is 0 Å². The molecule has 2 heterocycles. The topological polar surface area (TPSA) is 90.1 Å². The molecule has 24 heavy (non-hydrogen) atoms. The van der Waals surface area contributed by atoms with Crippen LogP contribution in [0, 0.1) is 13.8 Å². The van der Waals surface area contributed by atoms with Crippen molar-refractivity contribution in [3.05, 3.63) is 52.4 Å². The number of amides is 1. The van der Waals surface area contributed by atoms with Crippen LogP contribution in [0.25, 0.3) is 0 Å². The van der Waals surface area contributed by atoms with Gasteiger partial charge in [0.1, 0.15) is 23.6 Å². The Bertz CT molecular complexity index is 793. The van der Waals surface area contributed by atoms with Gasteiger partial charge in [0.15, 0.2) is 0 Å². The molecule has 124 valence electrons. The molecular weight excluding hydrogens is 328 g/mol. The first-order valence-electron chi connectivity index (χ1n) is 7.31. The Morgan fingerprint density at radius 1 is 1.29 bits per heavy atom. The van der Waals surface area contributed by atoms with E-state index in [1.807, 2.05) is 38.1 Å². The molecule has 0 aliphatic carbocycles. The number of carbonyl (C=O) groups is 1. The highest BCUT2D eigenvalue weighted by molar-refractivity contribution is 7.13. The molecule has 0 radical (unpaired) electrons. The molecule has 3 rings (SSSR count). The third kappa shape index (κ3) is 3.96. The largest absolute Gasteiger partial charge is 0.489 e. The van der Waals surface area contributed by atoms with Crippen LogP contribution in [0.3, 0.4) is 0 Å². The molecule has 1 amide bonds. The molecule has 0 saturated heterocycles. The number of ether oxygens (including phenoxy) is 1. The number of anilines is 1. The molecule has 0 atom stereocenters. The molecule has 0 aliphatic heterocycles.